The molecular formula is C12H18BrFN2O2S. The molecule has 1 rings (SSSR count). The third-order valence-electron chi connectivity index (χ3n) is 2.45. The maximum Gasteiger partial charge on any atom is 0.243 e. The summed E-state index contributed by atoms with van der Waals surface area (Å²) in [6, 6.07) is 2.86. The Hall–Kier alpha value is -0.500. The molecule has 0 aliphatic carbocycles. The van der Waals surface area contributed by atoms with Gasteiger partial charge in [0.15, 0.2) is 0 Å². The minimum absolute atomic E-state index is 0.220. The topological polar surface area (TPSA) is 58.2 Å². The molecule has 2 N–H and O–H groups in total. The van der Waals surface area contributed by atoms with Crippen molar-refractivity contribution in [1.82, 2.24) is 10.0 Å². The van der Waals surface area contributed by atoms with Crippen molar-refractivity contribution in [3.05, 3.63) is 28.0 Å². The first kappa shape index (κ1) is 16.6. The largest absolute Gasteiger partial charge is 0.313 e. The van der Waals surface area contributed by atoms with Crippen LogP contribution in [0.4, 0.5) is 4.39 Å². The highest BCUT2D eigenvalue weighted by Gasteiger charge is 2.21. The highest BCUT2D eigenvalue weighted by molar-refractivity contribution is 9.10. The van der Waals surface area contributed by atoms with Crippen LogP contribution in [0.2, 0.25) is 0 Å². The molecule has 1 aromatic rings. The van der Waals surface area contributed by atoms with Crippen LogP contribution in [0.15, 0.2) is 21.5 Å². The van der Waals surface area contributed by atoms with Gasteiger partial charge in [0, 0.05) is 23.1 Å². The first-order valence-electron chi connectivity index (χ1n) is 6.10. The third-order valence-corrected chi connectivity index (χ3v) is 4.45. The van der Waals surface area contributed by atoms with Crippen molar-refractivity contribution in [3.8, 4) is 0 Å². The number of hydrogen-bond acceptors (Lipinski definition) is 3. The molecule has 0 heterocycles. The number of sulfonamides is 1. The van der Waals surface area contributed by atoms with Gasteiger partial charge in [-0.1, -0.05) is 29.8 Å². The van der Waals surface area contributed by atoms with Crippen LogP contribution >= 0.6 is 15.9 Å². The van der Waals surface area contributed by atoms with Crippen molar-refractivity contribution in [2.45, 2.75) is 31.7 Å². The lowest BCUT2D eigenvalue weighted by Gasteiger charge is -2.11. The summed E-state index contributed by atoms with van der Waals surface area (Å²) in [4.78, 5) is -0.322. The Kier molecular flexibility index (Phi) is 6.38. The van der Waals surface area contributed by atoms with Gasteiger partial charge in [-0.15, -0.1) is 0 Å². The fourth-order valence-corrected chi connectivity index (χ4v) is 3.45. The molecule has 0 spiro atoms. The van der Waals surface area contributed by atoms with E-state index in [2.05, 4.69) is 26.0 Å². The van der Waals surface area contributed by atoms with E-state index in [1.807, 2.05) is 6.92 Å². The number of benzene rings is 1. The summed E-state index contributed by atoms with van der Waals surface area (Å²) in [5.74, 6) is -0.701. The molecule has 0 atom stereocenters. The first-order chi connectivity index (χ1) is 8.92. The molecule has 0 amide bonds. The molecule has 4 nitrogen and oxygen atoms in total. The standard InChI is InChI=1S/C12H18BrFN2O2S/c1-3-5-15-8-9-6-10(13)7-11(12(9)14)19(17,18)16-4-2/h6-7,15-16H,3-5,8H2,1-2H3. The number of rotatable bonds is 7. The van der Waals surface area contributed by atoms with Crippen molar-refractivity contribution in [1.29, 1.82) is 0 Å². The smallest absolute Gasteiger partial charge is 0.243 e. The minimum Gasteiger partial charge on any atom is -0.313 e. The van der Waals surface area contributed by atoms with Crippen LogP contribution in [-0.4, -0.2) is 21.5 Å². The monoisotopic (exact) mass is 352 g/mol. The molecule has 0 saturated carbocycles. The Morgan fingerprint density at radius 3 is 2.58 bits per heavy atom. The second kappa shape index (κ2) is 7.33. The quantitative estimate of drug-likeness (QED) is 0.740. The predicted molar refractivity (Wildman–Crippen MR) is 77.0 cm³/mol. The average Bonchev–Trinajstić information content (AvgIpc) is 2.33. The Morgan fingerprint density at radius 2 is 2.00 bits per heavy atom. The molecule has 0 radical (unpaired) electrons. The van der Waals surface area contributed by atoms with Crippen LogP contribution < -0.4 is 10.0 Å². The number of halogens is 2. The zero-order valence-electron chi connectivity index (χ0n) is 11.0. The Morgan fingerprint density at radius 1 is 1.32 bits per heavy atom. The lowest BCUT2D eigenvalue weighted by molar-refractivity contribution is 0.542. The third kappa shape index (κ3) is 4.52. The highest BCUT2D eigenvalue weighted by Crippen LogP contribution is 2.24. The van der Waals surface area contributed by atoms with E-state index in [9.17, 15) is 12.8 Å². The van der Waals surface area contributed by atoms with Gasteiger partial charge in [0.2, 0.25) is 10.0 Å². The van der Waals surface area contributed by atoms with Crippen molar-refractivity contribution in [2.75, 3.05) is 13.1 Å². The van der Waals surface area contributed by atoms with E-state index in [4.69, 9.17) is 0 Å². The van der Waals surface area contributed by atoms with Gasteiger partial charge in [-0.2, -0.15) is 0 Å². The van der Waals surface area contributed by atoms with Crippen molar-refractivity contribution < 1.29 is 12.8 Å². The molecule has 0 aliphatic rings. The van der Waals surface area contributed by atoms with Gasteiger partial charge < -0.3 is 5.32 Å². The van der Waals surface area contributed by atoms with Crippen molar-refractivity contribution in [2.24, 2.45) is 0 Å². The summed E-state index contributed by atoms with van der Waals surface area (Å²) in [5.41, 5.74) is 0.333. The second-order valence-electron chi connectivity index (χ2n) is 4.06. The molecule has 0 bridgehead atoms. The van der Waals surface area contributed by atoms with Gasteiger partial charge in [-0.25, -0.2) is 17.5 Å². The second-order valence-corrected chi connectivity index (χ2v) is 6.71. The van der Waals surface area contributed by atoms with Crippen LogP contribution in [0.1, 0.15) is 25.8 Å². The van der Waals surface area contributed by atoms with Gasteiger partial charge in [0.05, 0.1) is 0 Å². The van der Waals surface area contributed by atoms with E-state index in [1.165, 1.54) is 6.07 Å². The van der Waals surface area contributed by atoms with Gasteiger partial charge in [0.25, 0.3) is 0 Å². The number of hydrogen-bond donors (Lipinski definition) is 2. The Balaban J connectivity index is 3.13. The van der Waals surface area contributed by atoms with Crippen LogP contribution in [0.3, 0.4) is 0 Å². The highest BCUT2D eigenvalue weighted by atomic mass is 79.9. The summed E-state index contributed by atoms with van der Waals surface area (Å²) < 4.78 is 40.8. The average molecular weight is 353 g/mol. The summed E-state index contributed by atoms with van der Waals surface area (Å²) in [7, 11) is -3.80. The number of nitrogens with one attached hydrogen (secondary N) is 2. The molecular weight excluding hydrogens is 335 g/mol. The van der Waals surface area contributed by atoms with Gasteiger partial charge in [-0.3, -0.25) is 0 Å². The maximum absolute atomic E-state index is 14.2. The molecule has 7 heteroatoms. The van der Waals surface area contributed by atoms with E-state index in [0.29, 0.717) is 16.6 Å². The predicted octanol–water partition coefficient (Wildman–Crippen LogP) is 2.39. The molecule has 0 aromatic heterocycles. The summed E-state index contributed by atoms with van der Waals surface area (Å²) in [6.45, 7) is 4.93. The zero-order valence-corrected chi connectivity index (χ0v) is 13.4. The van der Waals surface area contributed by atoms with E-state index in [1.54, 1.807) is 13.0 Å². The molecule has 1 aromatic carbocycles. The lowest BCUT2D eigenvalue weighted by Crippen LogP contribution is -2.25. The van der Waals surface area contributed by atoms with E-state index in [0.717, 1.165) is 13.0 Å². The minimum atomic E-state index is -3.80. The maximum atomic E-state index is 14.2. The zero-order chi connectivity index (χ0) is 14.5. The molecule has 0 unspecified atom stereocenters. The van der Waals surface area contributed by atoms with Crippen LogP contribution in [0, 0.1) is 5.82 Å². The molecule has 108 valence electrons. The van der Waals surface area contributed by atoms with Gasteiger partial charge in [-0.05, 0) is 25.1 Å². The fraction of sp³-hybridized carbons (Fsp3) is 0.500. The van der Waals surface area contributed by atoms with E-state index in [-0.39, 0.29) is 11.4 Å². The molecule has 0 aliphatic heterocycles. The molecule has 0 fully saturated rings. The van der Waals surface area contributed by atoms with Crippen molar-refractivity contribution in [3.63, 3.8) is 0 Å². The molecule has 19 heavy (non-hydrogen) atoms. The normalized spacial score (nSPS) is 11.8. The summed E-state index contributed by atoms with van der Waals surface area (Å²) in [5, 5.41) is 3.05. The van der Waals surface area contributed by atoms with Crippen molar-refractivity contribution >= 4 is 26.0 Å². The first-order valence-corrected chi connectivity index (χ1v) is 8.38. The fourth-order valence-electron chi connectivity index (χ4n) is 1.61. The van der Waals surface area contributed by atoms with E-state index < -0.39 is 15.8 Å². The summed E-state index contributed by atoms with van der Waals surface area (Å²) in [6.07, 6.45) is 0.929. The summed E-state index contributed by atoms with van der Waals surface area (Å²) >= 11 is 3.21. The van der Waals surface area contributed by atoms with Gasteiger partial charge >= 0.3 is 0 Å². The SMILES string of the molecule is CCCNCc1cc(Br)cc(S(=O)(=O)NCC)c1F. The molecule has 0 saturated heterocycles. The Bertz CT molecular complexity index is 535. The van der Waals surface area contributed by atoms with Crippen LogP contribution in [0.5, 0.6) is 0 Å². The van der Waals surface area contributed by atoms with E-state index >= 15 is 0 Å². The van der Waals surface area contributed by atoms with Gasteiger partial charge in [0.1, 0.15) is 10.7 Å². The lowest BCUT2D eigenvalue weighted by atomic mass is 10.2. The van der Waals surface area contributed by atoms with Crippen LogP contribution in [-0.2, 0) is 16.6 Å². The Labute approximate surface area is 122 Å². The van der Waals surface area contributed by atoms with Crippen LogP contribution in [0.25, 0.3) is 0 Å².